The molecule has 2 amide bonds. The van der Waals surface area contributed by atoms with Gasteiger partial charge in [0.2, 0.25) is 5.91 Å². The topological polar surface area (TPSA) is 58.6 Å². The summed E-state index contributed by atoms with van der Waals surface area (Å²) in [5, 5.41) is 3.12. The normalized spacial score (nSPS) is 14.9. The number of nitrogens with zero attached hydrogens (tertiary/aromatic N) is 1. The number of nitrogens with one attached hydrogen (secondary N) is 1. The summed E-state index contributed by atoms with van der Waals surface area (Å²) in [6.07, 6.45) is 4.33. The molecule has 1 saturated carbocycles. The fourth-order valence-corrected chi connectivity index (χ4v) is 3.73. The zero-order valence-corrected chi connectivity index (χ0v) is 18.2. The Morgan fingerprint density at radius 1 is 1.00 bits per heavy atom. The van der Waals surface area contributed by atoms with Crippen LogP contribution in [0.1, 0.15) is 49.3 Å². The minimum Gasteiger partial charge on any atom is -0.484 e. The third-order valence-electron chi connectivity index (χ3n) is 5.73. The van der Waals surface area contributed by atoms with Gasteiger partial charge >= 0.3 is 0 Å². The first kappa shape index (κ1) is 21.9. The summed E-state index contributed by atoms with van der Waals surface area (Å²) in [4.78, 5) is 27.5. The first-order valence-corrected chi connectivity index (χ1v) is 10.8. The molecule has 0 radical (unpaired) electrons. The molecule has 5 nitrogen and oxygen atoms in total. The number of carbonyl (C=O) groups is 2. The SMILES string of the molecule is Cc1ccc(CN(C(=O)COc2ccc(C)cc2)[C@@H](C)C(=O)NC2CCCC2)cc1. The van der Waals surface area contributed by atoms with Crippen LogP contribution < -0.4 is 10.1 Å². The minimum atomic E-state index is -0.568. The summed E-state index contributed by atoms with van der Waals surface area (Å²) in [7, 11) is 0. The summed E-state index contributed by atoms with van der Waals surface area (Å²) in [6, 6.07) is 15.3. The number of hydrogen-bond donors (Lipinski definition) is 1. The van der Waals surface area contributed by atoms with Gasteiger partial charge in [0.1, 0.15) is 11.8 Å². The van der Waals surface area contributed by atoms with Gasteiger partial charge in [-0.3, -0.25) is 9.59 Å². The molecular weight excluding hydrogens is 376 g/mol. The Morgan fingerprint density at radius 2 is 1.57 bits per heavy atom. The maximum atomic E-state index is 13.1. The maximum absolute atomic E-state index is 13.1. The van der Waals surface area contributed by atoms with Crippen molar-refractivity contribution in [3.63, 3.8) is 0 Å². The molecule has 2 aromatic rings. The summed E-state index contributed by atoms with van der Waals surface area (Å²) in [5.74, 6) is 0.343. The average molecular weight is 409 g/mol. The van der Waals surface area contributed by atoms with E-state index >= 15 is 0 Å². The Balaban J connectivity index is 1.69. The second-order valence-corrected chi connectivity index (χ2v) is 8.27. The molecule has 1 aliphatic rings. The Morgan fingerprint density at radius 3 is 2.17 bits per heavy atom. The number of ether oxygens (including phenoxy) is 1. The number of aryl methyl sites for hydroxylation is 2. The molecule has 0 bridgehead atoms. The second kappa shape index (κ2) is 10.3. The zero-order valence-electron chi connectivity index (χ0n) is 18.2. The number of benzene rings is 2. The van der Waals surface area contributed by atoms with E-state index < -0.39 is 6.04 Å². The third kappa shape index (κ3) is 6.09. The molecule has 0 saturated heterocycles. The van der Waals surface area contributed by atoms with Crippen molar-refractivity contribution in [1.29, 1.82) is 0 Å². The van der Waals surface area contributed by atoms with Gasteiger partial charge in [-0.25, -0.2) is 0 Å². The molecule has 1 aliphatic carbocycles. The van der Waals surface area contributed by atoms with Gasteiger partial charge in [0.15, 0.2) is 6.61 Å². The van der Waals surface area contributed by atoms with Gasteiger partial charge in [-0.1, -0.05) is 60.4 Å². The quantitative estimate of drug-likeness (QED) is 0.714. The summed E-state index contributed by atoms with van der Waals surface area (Å²) in [5.41, 5.74) is 3.28. The standard InChI is InChI=1S/C25H32N2O3/c1-18-8-12-21(13-9-18)16-27(20(3)25(29)26-22-6-4-5-7-22)24(28)17-30-23-14-10-19(2)11-15-23/h8-15,20,22H,4-7,16-17H2,1-3H3,(H,26,29)/t20-/m0/s1. The van der Waals surface area contributed by atoms with Crippen molar-refractivity contribution in [3.8, 4) is 5.75 Å². The highest BCUT2D eigenvalue weighted by molar-refractivity contribution is 5.88. The highest BCUT2D eigenvalue weighted by Crippen LogP contribution is 2.19. The van der Waals surface area contributed by atoms with Crippen LogP contribution in [0.4, 0.5) is 0 Å². The van der Waals surface area contributed by atoms with Gasteiger partial charge < -0.3 is 15.0 Å². The first-order chi connectivity index (χ1) is 14.4. The molecule has 1 atom stereocenters. The first-order valence-electron chi connectivity index (χ1n) is 10.8. The van der Waals surface area contributed by atoms with Gasteiger partial charge in [0.05, 0.1) is 0 Å². The average Bonchev–Trinajstić information content (AvgIpc) is 3.25. The van der Waals surface area contributed by atoms with E-state index in [1.54, 1.807) is 11.8 Å². The van der Waals surface area contributed by atoms with Crippen molar-refractivity contribution in [1.82, 2.24) is 10.2 Å². The third-order valence-corrected chi connectivity index (χ3v) is 5.73. The molecule has 160 valence electrons. The Kier molecular flexibility index (Phi) is 7.50. The Labute approximate surface area is 179 Å². The van der Waals surface area contributed by atoms with Gasteiger partial charge in [0, 0.05) is 12.6 Å². The molecule has 30 heavy (non-hydrogen) atoms. The van der Waals surface area contributed by atoms with Crippen molar-refractivity contribution in [3.05, 3.63) is 65.2 Å². The lowest BCUT2D eigenvalue weighted by Gasteiger charge is -2.29. The fraction of sp³-hybridized carbons (Fsp3) is 0.440. The molecule has 3 rings (SSSR count). The van der Waals surface area contributed by atoms with E-state index in [9.17, 15) is 9.59 Å². The van der Waals surface area contributed by atoms with Crippen LogP contribution in [0.2, 0.25) is 0 Å². The van der Waals surface area contributed by atoms with E-state index in [1.807, 2.05) is 62.4 Å². The van der Waals surface area contributed by atoms with Crippen molar-refractivity contribution >= 4 is 11.8 Å². The zero-order chi connectivity index (χ0) is 21.5. The van der Waals surface area contributed by atoms with Gasteiger partial charge in [-0.2, -0.15) is 0 Å². The van der Waals surface area contributed by atoms with Gasteiger partial charge in [-0.05, 0) is 51.3 Å². The molecule has 5 heteroatoms. The summed E-state index contributed by atoms with van der Waals surface area (Å²) in [6.45, 7) is 6.09. The van der Waals surface area contributed by atoms with E-state index in [0.717, 1.165) is 42.4 Å². The van der Waals surface area contributed by atoms with Crippen LogP contribution in [0, 0.1) is 13.8 Å². The summed E-state index contributed by atoms with van der Waals surface area (Å²) >= 11 is 0. The molecular formula is C25H32N2O3. The highest BCUT2D eigenvalue weighted by Gasteiger charge is 2.28. The lowest BCUT2D eigenvalue weighted by Crippen LogP contribution is -2.50. The van der Waals surface area contributed by atoms with E-state index in [1.165, 1.54) is 0 Å². The van der Waals surface area contributed by atoms with Crippen LogP contribution in [0.25, 0.3) is 0 Å². The predicted molar refractivity (Wildman–Crippen MR) is 118 cm³/mol. The van der Waals surface area contributed by atoms with Crippen LogP contribution in [0.5, 0.6) is 5.75 Å². The lowest BCUT2D eigenvalue weighted by atomic mass is 10.1. The minimum absolute atomic E-state index is 0.0994. The number of carbonyl (C=O) groups excluding carboxylic acids is 2. The number of rotatable bonds is 8. The monoisotopic (exact) mass is 408 g/mol. The molecule has 2 aromatic carbocycles. The van der Waals surface area contributed by atoms with Crippen LogP contribution in [-0.4, -0.2) is 35.4 Å². The highest BCUT2D eigenvalue weighted by atomic mass is 16.5. The Bertz CT molecular complexity index is 840. The fourth-order valence-electron chi connectivity index (χ4n) is 3.73. The lowest BCUT2D eigenvalue weighted by molar-refractivity contribution is -0.142. The van der Waals surface area contributed by atoms with Crippen molar-refractivity contribution in [2.45, 2.75) is 65.1 Å². The van der Waals surface area contributed by atoms with E-state index in [4.69, 9.17) is 4.74 Å². The molecule has 1 fully saturated rings. The largest absolute Gasteiger partial charge is 0.484 e. The molecule has 1 N–H and O–H groups in total. The Hall–Kier alpha value is -2.82. The van der Waals surface area contributed by atoms with Crippen LogP contribution in [0.3, 0.4) is 0 Å². The van der Waals surface area contributed by atoms with Crippen molar-refractivity contribution in [2.24, 2.45) is 0 Å². The van der Waals surface area contributed by atoms with Crippen molar-refractivity contribution in [2.75, 3.05) is 6.61 Å². The number of hydrogen-bond acceptors (Lipinski definition) is 3. The second-order valence-electron chi connectivity index (χ2n) is 8.27. The van der Waals surface area contributed by atoms with Gasteiger partial charge in [0.25, 0.3) is 5.91 Å². The molecule has 0 unspecified atom stereocenters. The molecule has 0 spiro atoms. The van der Waals surface area contributed by atoms with E-state index in [-0.39, 0.29) is 24.5 Å². The predicted octanol–water partition coefficient (Wildman–Crippen LogP) is 4.16. The van der Waals surface area contributed by atoms with E-state index in [2.05, 4.69) is 5.32 Å². The smallest absolute Gasteiger partial charge is 0.261 e. The van der Waals surface area contributed by atoms with Crippen LogP contribution in [0.15, 0.2) is 48.5 Å². The van der Waals surface area contributed by atoms with Crippen molar-refractivity contribution < 1.29 is 14.3 Å². The van der Waals surface area contributed by atoms with E-state index in [0.29, 0.717) is 12.3 Å². The molecule has 0 heterocycles. The molecule has 0 aromatic heterocycles. The number of amides is 2. The summed E-state index contributed by atoms with van der Waals surface area (Å²) < 4.78 is 5.70. The molecule has 0 aliphatic heterocycles. The maximum Gasteiger partial charge on any atom is 0.261 e. The van der Waals surface area contributed by atoms with Crippen LogP contribution >= 0.6 is 0 Å². The van der Waals surface area contributed by atoms with Gasteiger partial charge in [-0.15, -0.1) is 0 Å². The van der Waals surface area contributed by atoms with Crippen LogP contribution in [-0.2, 0) is 16.1 Å².